The minimum absolute atomic E-state index is 0.0252. The van der Waals surface area contributed by atoms with Crippen LogP contribution in [0.25, 0.3) is 0 Å². The fourth-order valence-electron chi connectivity index (χ4n) is 4.02. The maximum atomic E-state index is 14.0. The first-order chi connectivity index (χ1) is 19.2. The Morgan fingerprint density at radius 3 is 2.10 bits per heavy atom. The molecule has 2 amide bonds. The van der Waals surface area contributed by atoms with Crippen molar-refractivity contribution in [1.82, 2.24) is 10.2 Å². The highest BCUT2D eigenvalue weighted by molar-refractivity contribution is 7.92. The van der Waals surface area contributed by atoms with Gasteiger partial charge < -0.3 is 10.2 Å². The van der Waals surface area contributed by atoms with Crippen molar-refractivity contribution in [2.75, 3.05) is 10.8 Å². The van der Waals surface area contributed by atoms with Crippen molar-refractivity contribution in [2.45, 2.75) is 64.6 Å². The summed E-state index contributed by atoms with van der Waals surface area (Å²) in [7, 11) is -4.20. The van der Waals surface area contributed by atoms with Crippen molar-refractivity contribution >= 4 is 62.3 Å². The molecule has 0 spiro atoms. The van der Waals surface area contributed by atoms with Gasteiger partial charge in [0, 0.05) is 27.7 Å². The molecule has 0 bridgehead atoms. The van der Waals surface area contributed by atoms with Crippen molar-refractivity contribution in [1.29, 1.82) is 0 Å². The molecule has 0 radical (unpaired) electrons. The second kappa shape index (κ2) is 13.9. The molecule has 220 valence electrons. The van der Waals surface area contributed by atoms with Crippen molar-refractivity contribution in [3.8, 4) is 0 Å². The summed E-state index contributed by atoms with van der Waals surface area (Å²) in [6.45, 7) is 8.60. The van der Waals surface area contributed by atoms with E-state index in [-0.39, 0.29) is 23.4 Å². The highest BCUT2D eigenvalue weighted by atomic mass is 35.5. The van der Waals surface area contributed by atoms with E-state index in [1.807, 2.05) is 27.7 Å². The maximum Gasteiger partial charge on any atom is 0.264 e. The molecule has 0 fully saturated rings. The Morgan fingerprint density at radius 1 is 0.878 bits per heavy atom. The number of amides is 2. The third-order valence-corrected chi connectivity index (χ3v) is 9.61. The first-order valence-electron chi connectivity index (χ1n) is 13.1. The zero-order valence-electron chi connectivity index (χ0n) is 23.6. The van der Waals surface area contributed by atoms with Gasteiger partial charge in [-0.05, 0) is 99.3 Å². The third-order valence-electron chi connectivity index (χ3n) is 6.98. The SMILES string of the molecule is CCC(C)NC(=O)C(C)N(Cc1ccc(Cl)cc1Cl)C(=O)CN(c1ccc(C)c(C)c1)S(=O)(=O)c1ccc(Cl)cc1. The quantitative estimate of drug-likeness (QED) is 0.251. The molecule has 2 unspecified atom stereocenters. The molecule has 2 atom stereocenters. The molecule has 7 nitrogen and oxygen atoms in total. The molecule has 0 aliphatic rings. The number of aryl methyl sites for hydroxylation is 2. The molecule has 0 saturated carbocycles. The van der Waals surface area contributed by atoms with Gasteiger partial charge >= 0.3 is 0 Å². The predicted octanol–water partition coefficient (Wildman–Crippen LogP) is 6.79. The van der Waals surface area contributed by atoms with E-state index in [1.54, 1.807) is 43.3 Å². The number of halogens is 3. The first-order valence-corrected chi connectivity index (χ1v) is 15.7. The van der Waals surface area contributed by atoms with Crippen LogP contribution < -0.4 is 9.62 Å². The molecule has 0 aliphatic carbocycles. The van der Waals surface area contributed by atoms with Crippen LogP contribution in [0.15, 0.2) is 65.6 Å². The maximum absolute atomic E-state index is 14.0. The summed E-state index contributed by atoms with van der Waals surface area (Å²) in [5, 5.41) is 4.03. The molecule has 3 aromatic rings. The molecule has 41 heavy (non-hydrogen) atoms. The topological polar surface area (TPSA) is 86.8 Å². The highest BCUT2D eigenvalue weighted by Crippen LogP contribution is 2.28. The number of sulfonamides is 1. The van der Waals surface area contributed by atoms with Gasteiger partial charge in [-0.1, -0.05) is 53.9 Å². The number of anilines is 1. The molecular weight excluding hydrogens is 605 g/mol. The lowest BCUT2D eigenvalue weighted by Crippen LogP contribution is -2.52. The molecule has 0 saturated heterocycles. The Morgan fingerprint density at radius 2 is 1.51 bits per heavy atom. The minimum atomic E-state index is -4.20. The number of hydrogen-bond acceptors (Lipinski definition) is 4. The molecule has 3 rings (SSSR count). The molecular formula is C30H34Cl3N3O4S. The van der Waals surface area contributed by atoms with E-state index in [2.05, 4.69) is 5.32 Å². The third kappa shape index (κ3) is 8.16. The van der Waals surface area contributed by atoms with Crippen molar-refractivity contribution in [3.63, 3.8) is 0 Å². The zero-order chi connectivity index (χ0) is 30.5. The highest BCUT2D eigenvalue weighted by Gasteiger charge is 2.33. The summed E-state index contributed by atoms with van der Waals surface area (Å²) >= 11 is 18.5. The van der Waals surface area contributed by atoms with Crippen LogP contribution in [-0.4, -0.2) is 43.8 Å². The second-order valence-electron chi connectivity index (χ2n) is 9.99. The number of nitrogens with one attached hydrogen (secondary N) is 1. The average molecular weight is 639 g/mol. The van der Waals surface area contributed by atoms with Crippen LogP contribution in [0.5, 0.6) is 0 Å². The summed E-state index contributed by atoms with van der Waals surface area (Å²) in [5.74, 6) is -0.949. The van der Waals surface area contributed by atoms with Crippen LogP contribution in [0.1, 0.15) is 43.9 Å². The number of carbonyl (C=O) groups excluding carboxylic acids is 2. The van der Waals surface area contributed by atoms with Gasteiger partial charge in [0.1, 0.15) is 12.6 Å². The van der Waals surface area contributed by atoms with E-state index in [0.717, 1.165) is 15.4 Å². The van der Waals surface area contributed by atoms with Crippen molar-refractivity contribution in [2.24, 2.45) is 0 Å². The van der Waals surface area contributed by atoms with E-state index in [0.29, 0.717) is 32.7 Å². The lowest BCUT2D eigenvalue weighted by molar-refractivity contribution is -0.139. The minimum Gasteiger partial charge on any atom is -0.352 e. The van der Waals surface area contributed by atoms with Crippen LogP contribution in [-0.2, 0) is 26.2 Å². The van der Waals surface area contributed by atoms with E-state index >= 15 is 0 Å². The molecule has 11 heteroatoms. The lowest BCUT2D eigenvalue weighted by Gasteiger charge is -2.32. The smallest absolute Gasteiger partial charge is 0.264 e. The van der Waals surface area contributed by atoms with Gasteiger partial charge in [-0.15, -0.1) is 0 Å². The number of hydrogen-bond donors (Lipinski definition) is 1. The second-order valence-corrected chi connectivity index (χ2v) is 13.1. The molecule has 0 heterocycles. The van der Waals surface area contributed by atoms with Crippen LogP contribution in [0.4, 0.5) is 5.69 Å². The number of benzene rings is 3. The summed E-state index contributed by atoms with van der Waals surface area (Å²) in [6, 6.07) is 14.7. The Balaban J connectivity index is 2.07. The summed E-state index contributed by atoms with van der Waals surface area (Å²) < 4.78 is 28.9. The van der Waals surface area contributed by atoms with Gasteiger partial charge in [0.2, 0.25) is 11.8 Å². The van der Waals surface area contributed by atoms with Crippen LogP contribution in [0.3, 0.4) is 0 Å². The molecule has 0 aliphatic heterocycles. The normalized spacial score (nSPS) is 12.9. The number of carbonyl (C=O) groups is 2. The van der Waals surface area contributed by atoms with E-state index in [9.17, 15) is 18.0 Å². The van der Waals surface area contributed by atoms with Gasteiger partial charge in [0.15, 0.2) is 0 Å². The van der Waals surface area contributed by atoms with Gasteiger partial charge in [-0.3, -0.25) is 13.9 Å². The Labute approximate surface area is 257 Å². The number of rotatable bonds is 11. The lowest BCUT2D eigenvalue weighted by atomic mass is 10.1. The van der Waals surface area contributed by atoms with Gasteiger partial charge in [0.05, 0.1) is 10.6 Å². The first kappa shape index (κ1) is 32.7. The summed E-state index contributed by atoms with van der Waals surface area (Å²) in [4.78, 5) is 28.5. The van der Waals surface area contributed by atoms with E-state index < -0.39 is 28.5 Å². The number of nitrogens with zero attached hydrogens (tertiary/aromatic N) is 2. The van der Waals surface area contributed by atoms with Gasteiger partial charge in [0.25, 0.3) is 10.0 Å². The average Bonchev–Trinajstić information content (AvgIpc) is 2.92. The molecule has 0 aromatic heterocycles. The fraction of sp³-hybridized carbons (Fsp3) is 0.333. The van der Waals surface area contributed by atoms with Crippen LogP contribution >= 0.6 is 34.8 Å². The van der Waals surface area contributed by atoms with E-state index in [1.165, 1.54) is 29.2 Å². The van der Waals surface area contributed by atoms with E-state index in [4.69, 9.17) is 34.8 Å². The van der Waals surface area contributed by atoms with Crippen molar-refractivity contribution in [3.05, 3.63) is 92.4 Å². The summed E-state index contributed by atoms with van der Waals surface area (Å²) in [6.07, 6.45) is 0.704. The molecule has 3 aromatic carbocycles. The monoisotopic (exact) mass is 637 g/mol. The van der Waals surface area contributed by atoms with Crippen molar-refractivity contribution < 1.29 is 18.0 Å². The van der Waals surface area contributed by atoms with Crippen LogP contribution in [0, 0.1) is 13.8 Å². The Kier molecular flexibility index (Phi) is 11.1. The van der Waals surface area contributed by atoms with Gasteiger partial charge in [-0.25, -0.2) is 8.42 Å². The molecule has 1 N–H and O–H groups in total. The fourth-order valence-corrected chi connectivity index (χ4v) is 6.03. The zero-order valence-corrected chi connectivity index (χ0v) is 26.7. The standard InChI is InChI=1S/C30H34Cl3N3O4S/c1-6-21(4)34-30(38)22(5)35(17-23-8-9-25(32)16-28(23)33)29(37)18-36(26-12-7-19(2)20(3)15-26)41(39,40)27-13-10-24(31)11-14-27/h7-16,21-22H,6,17-18H2,1-5H3,(H,34,38). The van der Waals surface area contributed by atoms with Gasteiger partial charge in [-0.2, -0.15) is 0 Å². The Hall–Kier alpha value is -2.78. The largest absolute Gasteiger partial charge is 0.352 e. The summed E-state index contributed by atoms with van der Waals surface area (Å²) in [5.41, 5.74) is 2.71. The Bertz CT molecular complexity index is 1510. The van der Waals surface area contributed by atoms with Crippen LogP contribution in [0.2, 0.25) is 15.1 Å². The predicted molar refractivity (Wildman–Crippen MR) is 166 cm³/mol.